The first-order valence-corrected chi connectivity index (χ1v) is 6.34. The Morgan fingerprint density at radius 3 is 2.61 bits per heavy atom. The van der Waals surface area contributed by atoms with Crippen LogP contribution in [0.2, 0.25) is 0 Å². The second-order valence-electron chi connectivity index (χ2n) is 4.95. The zero-order valence-electron chi connectivity index (χ0n) is 10.6. The Bertz CT molecular complexity index is 388. The molecule has 1 fully saturated rings. The van der Waals surface area contributed by atoms with Gasteiger partial charge < -0.3 is 10.0 Å². The lowest BCUT2D eigenvalue weighted by Gasteiger charge is -2.33. The van der Waals surface area contributed by atoms with Crippen molar-refractivity contribution < 1.29 is 9.90 Å². The predicted molar refractivity (Wildman–Crippen MR) is 67.2 cm³/mol. The molecule has 1 unspecified atom stereocenters. The van der Waals surface area contributed by atoms with Gasteiger partial charge >= 0.3 is 5.97 Å². The molecule has 5 heteroatoms. The molecule has 1 aliphatic rings. The van der Waals surface area contributed by atoms with E-state index in [9.17, 15) is 4.79 Å². The monoisotopic (exact) mass is 249 g/mol. The first kappa shape index (κ1) is 13.0. The lowest BCUT2D eigenvalue weighted by Crippen LogP contribution is -2.33. The predicted octanol–water partition coefficient (Wildman–Crippen LogP) is 1.38. The summed E-state index contributed by atoms with van der Waals surface area (Å²) in [5.41, 5.74) is 0. The number of hydrogen-bond acceptors (Lipinski definition) is 4. The van der Waals surface area contributed by atoms with Crippen LogP contribution in [0.15, 0.2) is 18.5 Å². The summed E-state index contributed by atoms with van der Waals surface area (Å²) in [6.07, 6.45) is 5.54. The van der Waals surface area contributed by atoms with Crippen LogP contribution in [0, 0.1) is 5.92 Å². The highest BCUT2D eigenvalue weighted by atomic mass is 16.4. The van der Waals surface area contributed by atoms with E-state index in [2.05, 4.69) is 21.9 Å². The molecule has 1 aliphatic heterocycles. The summed E-state index contributed by atoms with van der Waals surface area (Å²) < 4.78 is 0. The van der Waals surface area contributed by atoms with Crippen molar-refractivity contribution in [1.29, 1.82) is 0 Å². The molecule has 98 valence electrons. The highest BCUT2D eigenvalue weighted by Crippen LogP contribution is 2.33. The van der Waals surface area contributed by atoms with Gasteiger partial charge in [0.2, 0.25) is 0 Å². The zero-order valence-corrected chi connectivity index (χ0v) is 10.6. The van der Waals surface area contributed by atoms with Crippen molar-refractivity contribution in [2.75, 3.05) is 20.1 Å². The van der Waals surface area contributed by atoms with E-state index < -0.39 is 5.97 Å². The Morgan fingerprint density at radius 1 is 1.44 bits per heavy atom. The molecule has 0 amide bonds. The molecule has 18 heavy (non-hydrogen) atoms. The SMILES string of the molecule is CN1CCC(C(CC(=O)O)c2ncccn2)CC1. The van der Waals surface area contributed by atoms with Crippen LogP contribution >= 0.6 is 0 Å². The molecule has 1 aromatic rings. The summed E-state index contributed by atoms with van der Waals surface area (Å²) in [7, 11) is 2.10. The van der Waals surface area contributed by atoms with Crippen LogP contribution in [0.25, 0.3) is 0 Å². The quantitative estimate of drug-likeness (QED) is 0.873. The zero-order chi connectivity index (χ0) is 13.0. The molecule has 2 heterocycles. The van der Waals surface area contributed by atoms with Crippen molar-refractivity contribution in [1.82, 2.24) is 14.9 Å². The number of rotatable bonds is 4. The van der Waals surface area contributed by atoms with Gasteiger partial charge in [-0.3, -0.25) is 4.79 Å². The number of aliphatic carboxylic acids is 1. The first-order valence-electron chi connectivity index (χ1n) is 6.34. The maximum absolute atomic E-state index is 11.0. The number of carboxylic acid groups (broad SMARTS) is 1. The van der Waals surface area contributed by atoms with E-state index in [0.29, 0.717) is 11.7 Å². The summed E-state index contributed by atoms with van der Waals surface area (Å²) in [4.78, 5) is 21.8. The third kappa shape index (κ3) is 3.26. The minimum absolute atomic E-state index is 0.0580. The van der Waals surface area contributed by atoms with Gasteiger partial charge in [0.15, 0.2) is 0 Å². The fourth-order valence-electron chi connectivity index (χ4n) is 2.59. The maximum Gasteiger partial charge on any atom is 0.304 e. The summed E-state index contributed by atoms with van der Waals surface area (Å²) in [5.74, 6) is 0.220. The Kier molecular flexibility index (Phi) is 4.25. The Hall–Kier alpha value is -1.49. The van der Waals surface area contributed by atoms with Crippen molar-refractivity contribution in [3.63, 3.8) is 0 Å². The molecule has 1 N–H and O–H groups in total. The van der Waals surface area contributed by atoms with E-state index >= 15 is 0 Å². The standard InChI is InChI=1S/C13H19N3O2/c1-16-7-3-10(4-8-16)11(9-12(17)18)13-14-5-2-6-15-13/h2,5-6,10-11H,3-4,7-9H2,1H3,(H,17,18). The minimum Gasteiger partial charge on any atom is -0.481 e. The fourth-order valence-corrected chi connectivity index (χ4v) is 2.59. The van der Waals surface area contributed by atoms with Crippen LogP contribution in [-0.4, -0.2) is 46.1 Å². The fraction of sp³-hybridized carbons (Fsp3) is 0.615. The van der Waals surface area contributed by atoms with E-state index in [1.54, 1.807) is 18.5 Å². The smallest absolute Gasteiger partial charge is 0.304 e. The van der Waals surface area contributed by atoms with Gasteiger partial charge in [-0.05, 0) is 45.0 Å². The Labute approximate surface area is 107 Å². The van der Waals surface area contributed by atoms with Crippen LogP contribution in [0.4, 0.5) is 0 Å². The first-order chi connectivity index (χ1) is 8.66. The molecule has 0 aromatic carbocycles. The molecule has 1 saturated heterocycles. The lowest BCUT2D eigenvalue weighted by molar-refractivity contribution is -0.137. The molecule has 0 bridgehead atoms. The summed E-state index contributed by atoms with van der Waals surface area (Å²) in [5, 5.41) is 9.06. The van der Waals surface area contributed by atoms with Crippen molar-refractivity contribution in [3.05, 3.63) is 24.3 Å². The van der Waals surface area contributed by atoms with Crippen LogP contribution < -0.4 is 0 Å². The van der Waals surface area contributed by atoms with Crippen LogP contribution in [0.5, 0.6) is 0 Å². The van der Waals surface area contributed by atoms with Crippen LogP contribution in [0.3, 0.4) is 0 Å². The van der Waals surface area contributed by atoms with E-state index in [0.717, 1.165) is 25.9 Å². The van der Waals surface area contributed by atoms with Gasteiger partial charge in [0, 0.05) is 18.3 Å². The Morgan fingerprint density at radius 2 is 2.06 bits per heavy atom. The molecule has 2 rings (SSSR count). The number of likely N-dealkylation sites (tertiary alicyclic amines) is 1. The van der Waals surface area contributed by atoms with Gasteiger partial charge in [-0.25, -0.2) is 9.97 Å². The number of carbonyl (C=O) groups is 1. The van der Waals surface area contributed by atoms with E-state index in [1.165, 1.54) is 0 Å². The highest BCUT2D eigenvalue weighted by molar-refractivity contribution is 5.67. The number of piperidine rings is 1. The number of hydrogen-bond donors (Lipinski definition) is 1. The lowest BCUT2D eigenvalue weighted by atomic mass is 9.82. The molecule has 0 saturated carbocycles. The van der Waals surface area contributed by atoms with Gasteiger partial charge in [0.1, 0.15) is 5.82 Å². The molecule has 0 aliphatic carbocycles. The maximum atomic E-state index is 11.0. The molecular formula is C13H19N3O2. The molecular weight excluding hydrogens is 230 g/mol. The average molecular weight is 249 g/mol. The highest BCUT2D eigenvalue weighted by Gasteiger charge is 2.30. The van der Waals surface area contributed by atoms with E-state index in [-0.39, 0.29) is 12.3 Å². The van der Waals surface area contributed by atoms with Gasteiger partial charge in [-0.2, -0.15) is 0 Å². The summed E-state index contributed by atoms with van der Waals surface area (Å²) >= 11 is 0. The van der Waals surface area contributed by atoms with E-state index in [1.807, 2.05) is 0 Å². The van der Waals surface area contributed by atoms with Gasteiger partial charge in [0.05, 0.1) is 6.42 Å². The molecule has 1 aromatic heterocycles. The summed E-state index contributed by atoms with van der Waals surface area (Å²) in [6.45, 7) is 2.04. The second kappa shape index (κ2) is 5.91. The number of aromatic nitrogens is 2. The van der Waals surface area contributed by atoms with Crippen LogP contribution in [0.1, 0.15) is 31.0 Å². The van der Waals surface area contributed by atoms with E-state index in [4.69, 9.17) is 5.11 Å². The van der Waals surface area contributed by atoms with Crippen molar-refractivity contribution in [2.24, 2.45) is 5.92 Å². The van der Waals surface area contributed by atoms with Crippen molar-refractivity contribution in [2.45, 2.75) is 25.2 Å². The van der Waals surface area contributed by atoms with Crippen molar-refractivity contribution in [3.8, 4) is 0 Å². The normalized spacial score (nSPS) is 19.6. The number of carboxylic acids is 1. The van der Waals surface area contributed by atoms with Gasteiger partial charge in [-0.15, -0.1) is 0 Å². The number of nitrogens with zero attached hydrogens (tertiary/aromatic N) is 3. The minimum atomic E-state index is -0.772. The van der Waals surface area contributed by atoms with Crippen molar-refractivity contribution >= 4 is 5.97 Å². The molecule has 1 atom stereocenters. The molecule has 0 radical (unpaired) electrons. The third-order valence-electron chi connectivity index (χ3n) is 3.64. The van der Waals surface area contributed by atoms with Crippen LogP contribution in [-0.2, 0) is 4.79 Å². The largest absolute Gasteiger partial charge is 0.481 e. The van der Waals surface area contributed by atoms with Gasteiger partial charge in [-0.1, -0.05) is 0 Å². The molecule has 0 spiro atoms. The average Bonchev–Trinajstić information content (AvgIpc) is 2.38. The third-order valence-corrected chi connectivity index (χ3v) is 3.64. The topological polar surface area (TPSA) is 66.3 Å². The molecule has 5 nitrogen and oxygen atoms in total. The second-order valence-corrected chi connectivity index (χ2v) is 4.95. The van der Waals surface area contributed by atoms with Gasteiger partial charge in [0.25, 0.3) is 0 Å². The summed E-state index contributed by atoms with van der Waals surface area (Å²) in [6, 6.07) is 1.76. The Balaban J connectivity index is 2.12.